The Morgan fingerprint density at radius 3 is 2.38 bits per heavy atom. The summed E-state index contributed by atoms with van der Waals surface area (Å²) in [6.07, 6.45) is 0. The number of nitrogens with one attached hydrogen (secondary N) is 1. The highest BCUT2D eigenvalue weighted by Crippen LogP contribution is 2.23. The van der Waals surface area contributed by atoms with Crippen molar-refractivity contribution in [3.63, 3.8) is 0 Å². The fraction of sp³-hybridized carbons (Fsp3) is 0.412. The van der Waals surface area contributed by atoms with Crippen molar-refractivity contribution >= 4 is 33.0 Å². The first-order valence-corrected chi connectivity index (χ1v) is 8.79. The zero-order valence-corrected chi connectivity index (χ0v) is 15.5. The third kappa shape index (κ3) is 5.46. The first kappa shape index (κ1) is 16.5. The second kappa shape index (κ2) is 6.95. The molecule has 0 spiro atoms. The second-order valence-corrected chi connectivity index (χ2v) is 8.27. The summed E-state index contributed by atoms with van der Waals surface area (Å²) in [7, 11) is 2.13. The SMILES string of the molecule is CN(Cc1cc(Br)cs1)c1ccc(CNC(C)(C)C)cc1. The van der Waals surface area contributed by atoms with Crippen LogP contribution in [0.2, 0.25) is 0 Å². The molecular weight excluding hydrogens is 344 g/mol. The van der Waals surface area contributed by atoms with Gasteiger partial charge in [-0.1, -0.05) is 12.1 Å². The van der Waals surface area contributed by atoms with E-state index in [0.717, 1.165) is 13.1 Å². The molecule has 0 amide bonds. The summed E-state index contributed by atoms with van der Waals surface area (Å²) in [5, 5.41) is 5.64. The van der Waals surface area contributed by atoms with Gasteiger partial charge in [0.25, 0.3) is 0 Å². The molecule has 4 heteroatoms. The first-order valence-electron chi connectivity index (χ1n) is 7.11. The van der Waals surface area contributed by atoms with Crippen LogP contribution in [-0.4, -0.2) is 12.6 Å². The fourth-order valence-electron chi connectivity index (χ4n) is 2.00. The van der Waals surface area contributed by atoms with Crippen molar-refractivity contribution in [2.75, 3.05) is 11.9 Å². The van der Waals surface area contributed by atoms with E-state index >= 15 is 0 Å². The van der Waals surface area contributed by atoms with E-state index in [-0.39, 0.29) is 5.54 Å². The molecule has 1 N–H and O–H groups in total. The van der Waals surface area contributed by atoms with Gasteiger partial charge in [0.05, 0.1) is 6.54 Å². The Morgan fingerprint density at radius 1 is 1.19 bits per heavy atom. The highest BCUT2D eigenvalue weighted by atomic mass is 79.9. The molecule has 0 unspecified atom stereocenters. The van der Waals surface area contributed by atoms with Crippen LogP contribution in [0.3, 0.4) is 0 Å². The number of halogens is 1. The molecule has 1 aromatic heterocycles. The maximum absolute atomic E-state index is 3.51. The molecule has 1 aromatic carbocycles. The van der Waals surface area contributed by atoms with Crippen LogP contribution < -0.4 is 10.2 Å². The number of rotatable bonds is 5. The number of hydrogen-bond donors (Lipinski definition) is 1. The van der Waals surface area contributed by atoms with Crippen molar-refractivity contribution in [3.8, 4) is 0 Å². The molecule has 0 aliphatic heterocycles. The predicted molar refractivity (Wildman–Crippen MR) is 97.2 cm³/mol. The Hall–Kier alpha value is -0.840. The lowest BCUT2D eigenvalue weighted by atomic mass is 10.1. The number of nitrogens with zero attached hydrogens (tertiary/aromatic N) is 1. The molecule has 0 aliphatic carbocycles. The highest BCUT2D eigenvalue weighted by molar-refractivity contribution is 9.10. The molecular formula is C17H23BrN2S. The summed E-state index contributed by atoms with van der Waals surface area (Å²) < 4.78 is 1.17. The molecule has 2 rings (SSSR count). The van der Waals surface area contributed by atoms with Gasteiger partial charge in [-0.2, -0.15) is 0 Å². The van der Waals surface area contributed by atoms with Crippen LogP contribution in [0.4, 0.5) is 5.69 Å². The molecule has 0 bridgehead atoms. The van der Waals surface area contributed by atoms with Gasteiger partial charge in [-0.05, 0) is 60.5 Å². The molecule has 0 saturated carbocycles. The topological polar surface area (TPSA) is 15.3 Å². The minimum atomic E-state index is 0.155. The molecule has 0 radical (unpaired) electrons. The molecule has 21 heavy (non-hydrogen) atoms. The van der Waals surface area contributed by atoms with Gasteiger partial charge in [0, 0.05) is 39.5 Å². The van der Waals surface area contributed by atoms with Gasteiger partial charge >= 0.3 is 0 Å². The molecule has 0 saturated heterocycles. The van der Waals surface area contributed by atoms with Gasteiger partial charge in [0.1, 0.15) is 0 Å². The minimum Gasteiger partial charge on any atom is -0.369 e. The maximum atomic E-state index is 3.51. The maximum Gasteiger partial charge on any atom is 0.0519 e. The van der Waals surface area contributed by atoms with Gasteiger partial charge in [-0.3, -0.25) is 0 Å². The zero-order valence-electron chi connectivity index (χ0n) is 13.1. The predicted octanol–water partition coefficient (Wildman–Crippen LogP) is 5.04. The summed E-state index contributed by atoms with van der Waals surface area (Å²) in [6, 6.07) is 11.0. The zero-order chi connectivity index (χ0) is 15.5. The molecule has 2 nitrogen and oxygen atoms in total. The van der Waals surface area contributed by atoms with Gasteiger partial charge in [0.2, 0.25) is 0 Å². The van der Waals surface area contributed by atoms with E-state index in [4.69, 9.17) is 0 Å². The van der Waals surface area contributed by atoms with Crippen LogP contribution >= 0.6 is 27.3 Å². The monoisotopic (exact) mass is 366 g/mol. The lowest BCUT2D eigenvalue weighted by Gasteiger charge is -2.21. The Labute approximate surface area is 140 Å². The van der Waals surface area contributed by atoms with E-state index in [1.165, 1.54) is 20.6 Å². The average Bonchev–Trinajstić information content (AvgIpc) is 2.81. The standard InChI is InChI=1S/C17H23BrN2S/c1-17(2,3)19-10-13-5-7-15(8-6-13)20(4)11-16-9-14(18)12-21-16/h5-9,12,19H,10-11H2,1-4H3. The number of anilines is 1. The van der Waals surface area contributed by atoms with E-state index in [0.29, 0.717) is 0 Å². The summed E-state index contributed by atoms with van der Waals surface area (Å²) in [5.74, 6) is 0. The van der Waals surface area contributed by atoms with Gasteiger partial charge in [-0.15, -0.1) is 11.3 Å². The summed E-state index contributed by atoms with van der Waals surface area (Å²) in [4.78, 5) is 3.64. The summed E-state index contributed by atoms with van der Waals surface area (Å²) >= 11 is 5.29. The lowest BCUT2D eigenvalue weighted by Crippen LogP contribution is -2.35. The number of benzene rings is 1. The van der Waals surface area contributed by atoms with Gasteiger partial charge in [-0.25, -0.2) is 0 Å². The van der Waals surface area contributed by atoms with E-state index in [2.05, 4.69) is 89.7 Å². The number of thiophene rings is 1. The Kier molecular flexibility index (Phi) is 5.47. The third-order valence-corrected chi connectivity index (χ3v) is 4.90. The normalized spacial score (nSPS) is 11.7. The van der Waals surface area contributed by atoms with Crippen LogP contribution in [0.1, 0.15) is 31.2 Å². The van der Waals surface area contributed by atoms with E-state index < -0.39 is 0 Å². The molecule has 1 heterocycles. The quantitative estimate of drug-likeness (QED) is 0.797. The van der Waals surface area contributed by atoms with Crippen LogP contribution in [-0.2, 0) is 13.1 Å². The summed E-state index contributed by atoms with van der Waals surface area (Å²) in [6.45, 7) is 8.41. The molecule has 0 aliphatic rings. The molecule has 0 atom stereocenters. The smallest absolute Gasteiger partial charge is 0.0519 e. The second-order valence-electron chi connectivity index (χ2n) is 6.36. The van der Waals surface area contributed by atoms with Crippen molar-refractivity contribution in [2.24, 2.45) is 0 Å². The van der Waals surface area contributed by atoms with Gasteiger partial charge < -0.3 is 10.2 Å². The first-order chi connectivity index (χ1) is 9.83. The Morgan fingerprint density at radius 2 is 1.86 bits per heavy atom. The third-order valence-electron chi connectivity index (χ3n) is 3.21. The van der Waals surface area contributed by atoms with Crippen LogP contribution in [0.15, 0.2) is 40.2 Å². The largest absolute Gasteiger partial charge is 0.369 e. The Bertz CT molecular complexity index is 569. The molecule has 2 aromatic rings. The van der Waals surface area contributed by atoms with Crippen LogP contribution in [0, 0.1) is 0 Å². The van der Waals surface area contributed by atoms with Crippen LogP contribution in [0.25, 0.3) is 0 Å². The van der Waals surface area contributed by atoms with Crippen LogP contribution in [0.5, 0.6) is 0 Å². The van der Waals surface area contributed by atoms with Crippen molar-refractivity contribution in [3.05, 3.63) is 50.6 Å². The van der Waals surface area contributed by atoms with Crippen molar-refractivity contribution < 1.29 is 0 Å². The fourth-order valence-corrected chi connectivity index (χ4v) is 3.50. The van der Waals surface area contributed by atoms with Gasteiger partial charge in [0.15, 0.2) is 0 Å². The highest BCUT2D eigenvalue weighted by Gasteiger charge is 2.09. The molecule has 114 valence electrons. The Balaban J connectivity index is 1.94. The molecule has 0 fully saturated rings. The van der Waals surface area contributed by atoms with E-state index in [1.807, 2.05) is 0 Å². The minimum absolute atomic E-state index is 0.155. The van der Waals surface area contributed by atoms with E-state index in [9.17, 15) is 0 Å². The number of hydrogen-bond acceptors (Lipinski definition) is 3. The van der Waals surface area contributed by atoms with Crippen molar-refractivity contribution in [1.82, 2.24) is 5.32 Å². The van der Waals surface area contributed by atoms with Crippen molar-refractivity contribution in [1.29, 1.82) is 0 Å². The van der Waals surface area contributed by atoms with Crippen molar-refractivity contribution in [2.45, 2.75) is 39.4 Å². The average molecular weight is 367 g/mol. The summed E-state index contributed by atoms with van der Waals surface area (Å²) in [5.41, 5.74) is 2.72. The van der Waals surface area contributed by atoms with E-state index in [1.54, 1.807) is 11.3 Å². The lowest BCUT2D eigenvalue weighted by molar-refractivity contribution is 0.424.